The number of benzene rings is 1. The number of fused-ring (bicyclic) bond motifs is 1. The van der Waals surface area contributed by atoms with Gasteiger partial charge in [-0.1, -0.05) is 12.1 Å². The molecule has 1 aliphatic heterocycles. The minimum atomic E-state index is 0.0552. The molecule has 3 rings (SSSR count). The Morgan fingerprint density at radius 3 is 2.67 bits per heavy atom. The van der Waals surface area contributed by atoms with Crippen LogP contribution in [0.15, 0.2) is 12.1 Å². The van der Waals surface area contributed by atoms with Crippen molar-refractivity contribution in [1.29, 1.82) is 0 Å². The Bertz CT molecular complexity index is 626. The average molecular weight is 287 g/mol. The van der Waals surface area contributed by atoms with Crippen molar-refractivity contribution in [3.8, 4) is 5.75 Å². The van der Waals surface area contributed by atoms with Crippen LogP contribution in [0, 0.1) is 13.8 Å². The van der Waals surface area contributed by atoms with Crippen molar-refractivity contribution in [1.82, 2.24) is 14.8 Å². The van der Waals surface area contributed by atoms with E-state index in [-0.39, 0.29) is 6.61 Å². The van der Waals surface area contributed by atoms with Gasteiger partial charge in [-0.15, -0.1) is 10.2 Å². The molecule has 2 heterocycles. The quantitative estimate of drug-likeness (QED) is 0.937. The second-order valence-electron chi connectivity index (χ2n) is 5.65. The summed E-state index contributed by atoms with van der Waals surface area (Å²) in [6, 6.07) is 3.92. The molecule has 0 aliphatic carbocycles. The highest BCUT2D eigenvalue weighted by Gasteiger charge is 2.16. The van der Waals surface area contributed by atoms with E-state index in [2.05, 4.69) is 14.8 Å². The molecule has 21 heavy (non-hydrogen) atoms. The van der Waals surface area contributed by atoms with E-state index in [1.54, 1.807) is 0 Å². The van der Waals surface area contributed by atoms with E-state index in [0.717, 1.165) is 47.1 Å². The van der Waals surface area contributed by atoms with Gasteiger partial charge in [-0.05, 0) is 43.4 Å². The molecule has 1 N–H and O–H groups in total. The lowest BCUT2D eigenvalue weighted by molar-refractivity contribution is 0.276. The lowest BCUT2D eigenvalue weighted by Gasteiger charge is -2.16. The maximum atomic E-state index is 9.23. The number of aliphatic hydroxyl groups is 1. The van der Waals surface area contributed by atoms with E-state index >= 15 is 0 Å². The van der Waals surface area contributed by atoms with E-state index in [9.17, 15) is 5.11 Å². The Morgan fingerprint density at radius 1 is 1.19 bits per heavy atom. The molecule has 5 heteroatoms. The maximum Gasteiger partial charge on any atom is 0.171 e. The number of nitrogens with zero attached hydrogens (tertiary/aromatic N) is 3. The molecule has 0 spiro atoms. The normalized spacial score (nSPS) is 14.0. The van der Waals surface area contributed by atoms with Crippen LogP contribution in [0.5, 0.6) is 5.75 Å². The smallest absolute Gasteiger partial charge is 0.171 e. The van der Waals surface area contributed by atoms with E-state index in [1.165, 1.54) is 12.8 Å². The molecule has 0 radical (unpaired) electrons. The van der Waals surface area contributed by atoms with Crippen molar-refractivity contribution in [3.63, 3.8) is 0 Å². The van der Waals surface area contributed by atoms with E-state index < -0.39 is 0 Å². The summed E-state index contributed by atoms with van der Waals surface area (Å²) in [5.41, 5.74) is 2.99. The lowest BCUT2D eigenvalue weighted by Crippen LogP contribution is -2.14. The topological polar surface area (TPSA) is 60.2 Å². The van der Waals surface area contributed by atoms with Crippen LogP contribution in [-0.4, -0.2) is 19.9 Å². The van der Waals surface area contributed by atoms with Gasteiger partial charge in [0.1, 0.15) is 18.2 Å². The van der Waals surface area contributed by atoms with Crippen LogP contribution in [0.25, 0.3) is 0 Å². The van der Waals surface area contributed by atoms with Crippen LogP contribution in [0.1, 0.15) is 41.2 Å². The predicted octanol–water partition coefficient (Wildman–Crippen LogP) is 2.30. The molecule has 0 amide bonds. The number of aromatic nitrogens is 3. The Balaban J connectivity index is 1.78. The van der Waals surface area contributed by atoms with Crippen molar-refractivity contribution < 1.29 is 9.84 Å². The summed E-state index contributed by atoms with van der Waals surface area (Å²) in [6.07, 6.45) is 3.39. The fraction of sp³-hybridized carbons (Fsp3) is 0.500. The van der Waals surface area contributed by atoms with Crippen molar-refractivity contribution in [2.24, 2.45) is 0 Å². The Morgan fingerprint density at radius 2 is 1.95 bits per heavy atom. The van der Waals surface area contributed by atoms with Gasteiger partial charge in [-0.2, -0.15) is 0 Å². The molecule has 2 aromatic rings. The molecule has 1 aromatic carbocycles. The molecular weight excluding hydrogens is 266 g/mol. The van der Waals surface area contributed by atoms with Gasteiger partial charge < -0.3 is 14.4 Å². The van der Waals surface area contributed by atoms with Gasteiger partial charge in [-0.3, -0.25) is 0 Å². The first-order valence-electron chi connectivity index (χ1n) is 7.44. The highest BCUT2D eigenvalue weighted by Crippen LogP contribution is 2.26. The fourth-order valence-corrected chi connectivity index (χ4v) is 2.97. The number of aryl methyl sites for hydroxylation is 3. The van der Waals surface area contributed by atoms with Crippen LogP contribution in [0.4, 0.5) is 0 Å². The van der Waals surface area contributed by atoms with Gasteiger partial charge >= 0.3 is 0 Å². The zero-order valence-electron chi connectivity index (χ0n) is 12.6. The zero-order chi connectivity index (χ0) is 14.8. The van der Waals surface area contributed by atoms with Crippen LogP contribution in [0.3, 0.4) is 0 Å². The van der Waals surface area contributed by atoms with Crippen LogP contribution in [0.2, 0.25) is 0 Å². The molecule has 1 aliphatic rings. The van der Waals surface area contributed by atoms with Crippen molar-refractivity contribution in [3.05, 3.63) is 40.5 Å². The van der Waals surface area contributed by atoms with Crippen molar-refractivity contribution in [2.75, 3.05) is 0 Å². The Kier molecular flexibility index (Phi) is 3.92. The van der Waals surface area contributed by atoms with Gasteiger partial charge in [0.15, 0.2) is 5.82 Å². The molecule has 0 unspecified atom stereocenters. The highest BCUT2D eigenvalue weighted by atomic mass is 16.5. The predicted molar refractivity (Wildman–Crippen MR) is 79.1 cm³/mol. The SMILES string of the molecule is Cc1cc(CO)cc(C)c1OCc1nnc2n1CCCC2. The number of rotatable bonds is 4. The van der Waals surface area contributed by atoms with Crippen LogP contribution < -0.4 is 4.74 Å². The van der Waals surface area contributed by atoms with Crippen molar-refractivity contribution in [2.45, 2.75) is 52.9 Å². The van der Waals surface area contributed by atoms with Gasteiger partial charge in [0.2, 0.25) is 0 Å². The number of hydrogen-bond donors (Lipinski definition) is 1. The molecule has 5 nitrogen and oxygen atoms in total. The maximum absolute atomic E-state index is 9.23. The number of hydrogen-bond acceptors (Lipinski definition) is 4. The van der Waals surface area contributed by atoms with Gasteiger partial charge in [-0.25, -0.2) is 0 Å². The standard InChI is InChI=1S/C16H21N3O2/c1-11-7-13(9-20)8-12(2)16(11)21-10-15-18-17-14-5-3-4-6-19(14)15/h7-8,20H,3-6,9-10H2,1-2H3. The molecule has 0 saturated heterocycles. The van der Waals surface area contributed by atoms with Gasteiger partial charge in [0.25, 0.3) is 0 Å². The summed E-state index contributed by atoms with van der Waals surface area (Å²) in [6.45, 7) is 5.48. The summed E-state index contributed by atoms with van der Waals surface area (Å²) < 4.78 is 8.15. The van der Waals surface area contributed by atoms with Gasteiger partial charge in [0, 0.05) is 13.0 Å². The molecule has 0 atom stereocenters. The minimum Gasteiger partial charge on any atom is -0.485 e. The average Bonchev–Trinajstić information content (AvgIpc) is 2.89. The van der Waals surface area contributed by atoms with Crippen LogP contribution >= 0.6 is 0 Å². The van der Waals surface area contributed by atoms with E-state index in [1.807, 2.05) is 26.0 Å². The second-order valence-corrected chi connectivity index (χ2v) is 5.65. The monoisotopic (exact) mass is 287 g/mol. The minimum absolute atomic E-state index is 0.0552. The first kappa shape index (κ1) is 14.1. The second kappa shape index (κ2) is 5.85. The number of aliphatic hydroxyl groups excluding tert-OH is 1. The summed E-state index contributed by atoms with van der Waals surface area (Å²) in [7, 11) is 0. The van der Waals surface area contributed by atoms with E-state index in [0.29, 0.717) is 6.61 Å². The molecule has 112 valence electrons. The molecule has 0 saturated carbocycles. The van der Waals surface area contributed by atoms with E-state index in [4.69, 9.17) is 4.74 Å². The van der Waals surface area contributed by atoms with Gasteiger partial charge in [0.05, 0.1) is 6.61 Å². The molecule has 1 aromatic heterocycles. The first-order valence-corrected chi connectivity index (χ1v) is 7.44. The summed E-state index contributed by atoms with van der Waals surface area (Å²) in [5, 5.41) is 17.7. The zero-order valence-corrected chi connectivity index (χ0v) is 12.6. The third-order valence-corrected chi connectivity index (χ3v) is 3.98. The largest absolute Gasteiger partial charge is 0.485 e. The summed E-state index contributed by atoms with van der Waals surface area (Å²) in [4.78, 5) is 0. The summed E-state index contributed by atoms with van der Waals surface area (Å²) >= 11 is 0. The third kappa shape index (κ3) is 2.78. The van der Waals surface area contributed by atoms with Crippen LogP contribution in [-0.2, 0) is 26.2 Å². The Labute approximate surface area is 124 Å². The summed E-state index contributed by atoms with van der Waals surface area (Å²) in [5.74, 6) is 2.85. The highest BCUT2D eigenvalue weighted by molar-refractivity contribution is 5.43. The Hall–Kier alpha value is -1.88. The lowest BCUT2D eigenvalue weighted by atomic mass is 10.1. The first-order chi connectivity index (χ1) is 10.2. The van der Waals surface area contributed by atoms with Crippen molar-refractivity contribution >= 4 is 0 Å². The molecular formula is C16H21N3O2. The third-order valence-electron chi connectivity index (χ3n) is 3.98. The molecule has 0 fully saturated rings. The molecule has 0 bridgehead atoms. The fourth-order valence-electron chi connectivity index (χ4n) is 2.97. The number of ether oxygens (including phenoxy) is 1.